The lowest BCUT2D eigenvalue weighted by molar-refractivity contribution is 0.0992. The Kier molecular flexibility index (Phi) is 4.65. The molecule has 2 heterocycles. The quantitative estimate of drug-likeness (QED) is 0.869. The monoisotopic (exact) mass is 254 g/mol. The van der Waals surface area contributed by atoms with E-state index in [0.29, 0.717) is 12.3 Å². The van der Waals surface area contributed by atoms with Crippen LogP contribution in [0.2, 0.25) is 0 Å². The van der Waals surface area contributed by atoms with Gasteiger partial charge >= 0.3 is 0 Å². The molecular weight excluding hydrogens is 236 g/mol. The van der Waals surface area contributed by atoms with Crippen LogP contribution in [0.25, 0.3) is 0 Å². The Morgan fingerprint density at radius 1 is 1.47 bits per heavy atom. The SMILES string of the molecule is NCc1cc(CS(=O)C2CCOCC2)ccn1. The molecule has 0 aromatic carbocycles. The Morgan fingerprint density at radius 3 is 2.94 bits per heavy atom. The second-order valence-corrected chi connectivity index (χ2v) is 5.91. The molecule has 0 aliphatic carbocycles. The van der Waals surface area contributed by atoms with Crippen molar-refractivity contribution >= 4 is 10.8 Å². The van der Waals surface area contributed by atoms with Crippen molar-refractivity contribution < 1.29 is 8.95 Å². The first-order valence-corrected chi connectivity index (χ1v) is 7.26. The molecule has 2 rings (SSSR count). The second kappa shape index (κ2) is 6.23. The van der Waals surface area contributed by atoms with Gasteiger partial charge in [0.1, 0.15) is 0 Å². The lowest BCUT2D eigenvalue weighted by Gasteiger charge is -2.21. The summed E-state index contributed by atoms with van der Waals surface area (Å²) < 4.78 is 17.4. The maximum absolute atomic E-state index is 12.2. The molecule has 1 aromatic heterocycles. The molecule has 1 saturated heterocycles. The summed E-state index contributed by atoms with van der Waals surface area (Å²) in [6, 6.07) is 3.85. The van der Waals surface area contributed by atoms with Gasteiger partial charge < -0.3 is 10.5 Å². The van der Waals surface area contributed by atoms with Gasteiger partial charge in [-0.3, -0.25) is 9.19 Å². The first-order chi connectivity index (χ1) is 8.29. The van der Waals surface area contributed by atoms with Crippen molar-refractivity contribution in [1.29, 1.82) is 0 Å². The van der Waals surface area contributed by atoms with E-state index < -0.39 is 10.8 Å². The van der Waals surface area contributed by atoms with E-state index in [1.165, 1.54) is 0 Å². The first-order valence-electron chi connectivity index (χ1n) is 5.88. The lowest BCUT2D eigenvalue weighted by Crippen LogP contribution is -2.25. The summed E-state index contributed by atoms with van der Waals surface area (Å²) in [6.45, 7) is 1.90. The summed E-state index contributed by atoms with van der Waals surface area (Å²) in [4.78, 5) is 4.13. The van der Waals surface area contributed by atoms with Crippen molar-refractivity contribution in [3.05, 3.63) is 29.6 Å². The molecule has 0 amide bonds. The predicted octanol–water partition coefficient (Wildman–Crippen LogP) is 0.968. The molecule has 94 valence electrons. The van der Waals surface area contributed by atoms with Crippen LogP contribution in [-0.2, 0) is 27.8 Å². The first kappa shape index (κ1) is 12.7. The Hall–Kier alpha value is -0.780. The summed E-state index contributed by atoms with van der Waals surface area (Å²) in [5, 5.41) is 0.276. The van der Waals surface area contributed by atoms with Gasteiger partial charge in [0, 0.05) is 47.8 Å². The van der Waals surface area contributed by atoms with Gasteiger partial charge in [-0.1, -0.05) is 0 Å². The largest absolute Gasteiger partial charge is 0.381 e. The molecule has 1 atom stereocenters. The molecule has 2 N–H and O–H groups in total. The normalized spacial score (nSPS) is 19.1. The molecule has 1 aliphatic heterocycles. The van der Waals surface area contributed by atoms with Crippen LogP contribution >= 0.6 is 0 Å². The highest BCUT2D eigenvalue weighted by Crippen LogP contribution is 2.16. The summed E-state index contributed by atoms with van der Waals surface area (Å²) >= 11 is 0. The second-order valence-electron chi connectivity index (χ2n) is 4.20. The van der Waals surface area contributed by atoms with Crippen LogP contribution in [0, 0.1) is 0 Å². The Bertz CT molecular complexity index is 392. The average molecular weight is 254 g/mol. The molecule has 1 unspecified atom stereocenters. The molecule has 1 aliphatic rings. The van der Waals surface area contributed by atoms with Crippen LogP contribution in [0.4, 0.5) is 0 Å². The maximum atomic E-state index is 12.2. The van der Waals surface area contributed by atoms with E-state index in [-0.39, 0.29) is 5.25 Å². The van der Waals surface area contributed by atoms with Crippen LogP contribution in [0.1, 0.15) is 24.1 Å². The van der Waals surface area contributed by atoms with Crippen molar-refractivity contribution in [2.75, 3.05) is 13.2 Å². The lowest BCUT2D eigenvalue weighted by atomic mass is 10.2. The fourth-order valence-corrected chi connectivity index (χ4v) is 3.41. The van der Waals surface area contributed by atoms with Gasteiger partial charge in [0.2, 0.25) is 0 Å². The van der Waals surface area contributed by atoms with E-state index in [4.69, 9.17) is 10.5 Å². The van der Waals surface area contributed by atoms with E-state index in [9.17, 15) is 4.21 Å². The maximum Gasteiger partial charge on any atom is 0.0542 e. The molecule has 0 radical (unpaired) electrons. The number of aromatic nitrogens is 1. The van der Waals surface area contributed by atoms with Gasteiger partial charge in [-0.2, -0.15) is 0 Å². The van der Waals surface area contributed by atoms with Crippen molar-refractivity contribution in [2.45, 2.75) is 30.4 Å². The van der Waals surface area contributed by atoms with Gasteiger partial charge in [0.05, 0.1) is 5.69 Å². The minimum absolute atomic E-state index is 0.276. The fraction of sp³-hybridized carbons (Fsp3) is 0.583. The van der Waals surface area contributed by atoms with Gasteiger partial charge in [0.15, 0.2) is 0 Å². The molecule has 0 spiro atoms. The van der Waals surface area contributed by atoms with Gasteiger partial charge in [-0.25, -0.2) is 0 Å². The standard InChI is InChI=1S/C12H18N2O2S/c13-8-11-7-10(1-4-14-11)9-17(15)12-2-5-16-6-3-12/h1,4,7,12H,2-3,5-6,8-9,13H2. The number of nitrogens with zero attached hydrogens (tertiary/aromatic N) is 1. The number of ether oxygens (including phenoxy) is 1. The minimum Gasteiger partial charge on any atom is -0.381 e. The van der Waals surface area contributed by atoms with E-state index in [2.05, 4.69) is 4.98 Å². The average Bonchev–Trinajstić information content (AvgIpc) is 2.40. The number of hydrogen-bond donors (Lipinski definition) is 1. The molecule has 1 aromatic rings. The third-order valence-electron chi connectivity index (χ3n) is 2.94. The highest BCUT2D eigenvalue weighted by molar-refractivity contribution is 7.84. The van der Waals surface area contributed by atoms with Crippen molar-refractivity contribution in [3.8, 4) is 0 Å². The summed E-state index contributed by atoms with van der Waals surface area (Å²) in [6.07, 6.45) is 3.54. The zero-order chi connectivity index (χ0) is 12.1. The molecule has 0 saturated carbocycles. The highest BCUT2D eigenvalue weighted by Gasteiger charge is 2.20. The Labute approximate surface area is 104 Å². The van der Waals surface area contributed by atoms with Crippen LogP contribution in [0.5, 0.6) is 0 Å². The smallest absolute Gasteiger partial charge is 0.0542 e. The van der Waals surface area contributed by atoms with Crippen molar-refractivity contribution in [1.82, 2.24) is 4.98 Å². The number of rotatable bonds is 4. The predicted molar refractivity (Wildman–Crippen MR) is 67.8 cm³/mol. The summed E-state index contributed by atoms with van der Waals surface area (Å²) in [5.41, 5.74) is 7.45. The van der Waals surface area contributed by atoms with Crippen LogP contribution < -0.4 is 5.73 Å². The molecule has 5 heteroatoms. The summed E-state index contributed by atoms with van der Waals surface area (Å²) in [5.74, 6) is 0.597. The van der Waals surface area contributed by atoms with E-state index in [0.717, 1.165) is 37.3 Å². The Balaban J connectivity index is 1.96. The van der Waals surface area contributed by atoms with E-state index >= 15 is 0 Å². The van der Waals surface area contributed by atoms with Gasteiger partial charge in [-0.15, -0.1) is 0 Å². The summed E-state index contributed by atoms with van der Waals surface area (Å²) in [7, 11) is -0.816. The number of pyridine rings is 1. The molecule has 17 heavy (non-hydrogen) atoms. The van der Waals surface area contributed by atoms with Gasteiger partial charge in [-0.05, 0) is 30.5 Å². The van der Waals surface area contributed by atoms with E-state index in [1.54, 1.807) is 6.20 Å². The fourth-order valence-electron chi connectivity index (χ4n) is 1.95. The van der Waals surface area contributed by atoms with Crippen molar-refractivity contribution in [3.63, 3.8) is 0 Å². The third kappa shape index (κ3) is 3.59. The van der Waals surface area contributed by atoms with Crippen molar-refractivity contribution in [2.24, 2.45) is 5.73 Å². The van der Waals surface area contributed by atoms with Crippen LogP contribution in [0.15, 0.2) is 18.3 Å². The zero-order valence-corrected chi connectivity index (χ0v) is 10.6. The highest BCUT2D eigenvalue weighted by atomic mass is 32.2. The molecule has 1 fully saturated rings. The number of hydrogen-bond acceptors (Lipinski definition) is 4. The Morgan fingerprint density at radius 2 is 2.24 bits per heavy atom. The minimum atomic E-state index is -0.816. The molecular formula is C12H18N2O2S. The molecule has 4 nitrogen and oxygen atoms in total. The topological polar surface area (TPSA) is 65.2 Å². The van der Waals surface area contributed by atoms with Gasteiger partial charge in [0.25, 0.3) is 0 Å². The molecule has 0 bridgehead atoms. The third-order valence-corrected chi connectivity index (χ3v) is 4.77. The van der Waals surface area contributed by atoms with E-state index in [1.807, 2.05) is 12.1 Å². The number of nitrogens with two attached hydrogens (primary N) is 1. The van der Waals surface area contributed by atoms with Crippen LogP contribution in [-0.4, -0.2) is 27.7 Å². The van der Waals surface area contributed by atoms with Crippen LogP contribution in [0.3, 0.4) is 0 Å². The zero-order valence-electron chi connectivity index (χ0n) is 9.80.